The minimum Gasteiger partial charge on any atom is -0.497 e. The van der Waals surface area contributed by atoms with Crippen molar-refractivity contribution >= 4 is 17.5 Å². The van der Waals surface area contributed by atoms with Crippen molar-refractivity contribution in [2.24, 2.45) is 5.10 Å². The number of ether oxygens (including phenoxy) is 3. The van der Waals surface area contributed by atoms with E-state index in [-0.39, 0.29) is 30.7 Å². The largest absolute Gasteiger partial charge is 0.497 e. The molecule has 3 aromatic rings. The highest BCUT2D eigenvalue weighted by molar-refractivity contribution is 6.04. The maximum Gasteiger partial charge on any atom is 0.262 e. The van der Waals surface area contributed by atoms with Crippen molar-refractivity contribution in [3.63, 3.8) is 0 Å². The van der Waals surface area contributed by atoms with Crippen molar-refractivity contribution in [3.05, 3.63) is 95.1 Å². The summed E-state index contributed by atoms with van der Waals surface area (Å²) >= 11 is 0. The lowest BCUT2D eigenvalue weighted by Gasteiger charge is -2.28. The molecule has 0 fully saturated rings. The molecule has 0 bridgehead atoms. The maximum atomic E-state index is 14.7. The zero-order valence-corrected chi connectivity index (χ0v) is 21.9. The van der Waals surface area contributed by atoms with Gasteiger partial charge in [0, 0.05) is 31.2 Å². The van der Waals surface area contributed by atoms with E-state index in [1.54, 1.807) is 42.5 Å². The Balaban J connectivity index is 1.72. The van der Waals surface area contributed by atoms with Crippen LogP contribution in [0.3, 0.4) is 0 Å². The van der Waals surface area contributed by atoms with E-state index in [4.69, 9.17) is 14.2 Å². The van der Waals surface area contributed by atoms with Gasteiger partial charge in [0.25, 0.3) is 11.8 Å². The number of nitrogens with zero attached hydrogens (tertiary/aromatic N) is 3. The SMILES string of the molecule is COCCN(CC(=O)N1N=C(c2ccccc2F)C[C@@H]1c1cc(OC)ccc1OC)C(=O)c1ccccc1F. The fourth-order valence-electron chi connectivity index (χ4n) is 4.43. The number of carbonyl (C=O) groups is 2. The van der Waals surface area contributed by atoms with E-state index < -0.39 is 36.0 Å². The Hall–Kier alpha value is -4.31. The highest BCUT2D eigenvalue weighted by atomic mass is 19.1. The molecule has 0 aliphatic carbocycles. The van der Waals surface area contributed by atoms with Gasteiger partial charge in [0.15, 0.2) is 0 Å². The second-order valence-corrected chi connectivity index (χ2v) is 8.79. The smallest absolute Gasteiger partial charge is 0.262 e. The molecule has 0 unspecified atom stereocenters. The maximum absolute atomic E-state index is 14.7. The first kappa shape index (κ1) is 27.7. The molecule has 39 heavy (non-hydrogen) atoms. The fraction of sp³-hybridized carbons (Fsp3) is 0.276. The lowest BCUT2D eigenvalue weighted by molar-refractivity contribution is -0.133. The van der Waals surface area contributed by atoms with Crippen molar-refractivity contribution in [3.8, 4) is 11.5 Å². The van der Waals surface area contributed by atoms with Crippen molar-refractivity contribution < 1.29 is 32.6 Å². The summed E-state index contributed by atoms with van der Waals surface area (Å²) in [5, 5.41) is 5.74. The van der Waals surface area contributed by atoms with Crippen molar-refractivity contribution in [1.82, 2.24) is 9.91 Å². The molecule has 10 heteroatoms. The minimum absolute atomic E-state index is 0.0419. The lowest BCUT2D eigenvalue weighted by atomic mass is 9.97. The van der Waals surface area contributed by atoms with Crippen LogP contribution in [0.25, 0.3) is 0 Å². The number of benzene rings is 3. The van der Waals surface area contributed by atoms with Crippen molar-refractivity contribution in [2.45, 2.75) is 12.5 Å². The number of hydrazone groups is 1. The summed E-state index contributed by atoms with van der Waals surface area (Å²) in [6, 6.07) is 16.2. The predicted octanol–water partition coefficient (Wildman–Crippen LogP) is 4.45. The van der Waals surface area contributed by atoms with E-state index in [9.17, 15) is 18.4 Å². The monoisotopic (exact) mass is 537 g/mol. The summed E-state index contributed by atoms with van der Waals surface area (Å²) in [4.78, 5) is 28.2. The second-order valence-electron chi connectivity index (χ2n) is 8.79. The number of carbonyl (C=O) groups excluding carboxylic acids is 2. The van der Waals surface area contributed by atoms with Gasteiger partial charge in [-0.05, 0) is 36.4 Å². The highest BCUT2D eigenvalue weighted by Crippen LogP contribution is 2.39. The zero-order chi connectivity index (χ0) is 27.9. The van der Waals surface area contributed by atoms with Crippen LogP contribution in [-0.4, -0.2) is 68.5 Å². The van der Waals surface area contributed by atoms with Crippen LogP contribution in [0.2, 0.25) is 0 Å². The van der Waals surface area contributed by atoms with Gasteiger partial charge in [0.2, 0.25) is 0 Å². The van der Waals surface area contributed by atoms with Crippen LogP contribution in [-0.2, 0) is 9.53 Å². The Bertz CT molecular complexity index is 1380. The number of amides is 2. The van der Waals surface area contributed by atoms with Gasteiger partial charge >= 0.3 is 0 Å². The third kappa shape index (κ3) is 6.06. The lowest BCUT2D eigenvalue weighted by Crippen LogP contribution is -2.43. The third-order valence-corrected chi connectivity index (χ3v) is 6.43. The molecule has 1 aliphatic heterocycles. The van der Waals surface area contributed by atoms with Gasteiger partial charge in [-0.15, -0.1) is 0 Å². The molecule has 3 aromatic carbocycles. The number of methoxy groups -OCH3 is 3. The van der Waals surface area contributed by atoms with E-state index in [2.05, 4.69) is 5.10 Å². The summed E-state index contributed by atoms with van der Waals surface area (Å²) in [5.41, 5.74) is 1.06. The van der Waals surface area contributed by atoms with Gasteiger partial charge in [-0.2, -0.15) is 5.10 Å². The Morgan fingerprint density at radius 2 is 1.69 bits per heavy atom. The van der Waals surface area contributed by atoms with E-state index >= 15 is 0 Å². The van der Waals surface area contributed by atoms with Crippen LogP contribution in [0, 0.1) is 11.6 Å². The van der Waals surface area contributed by atoms with Gasteiger partial charge in [0.1, 0.15) is 29.7 Å². The van der Waals surface area contributed by atoms with Crippen LogP contribution in [0.1, 0.15) is 33.9 Å². The topological polar surface area (TPSA) is 80.7 Å². The second kappa shape index (κ2) is 12.5. The Morgan fingerprint density at radius 1 is 0.974 bits per heavy atom. The molecule has 0 aromatic heterocycles. The van der Waals surface area contributed by atoms with Gasteiger partial charge in [-0.3, -0.25) is 9.59 Å². The fourth-order valence-corrected chi connectivity index (χ4v) is 4.43. The number of hydrogen-bond acceptors (Lipinski definition) is 6. The number of rotatable bonds is 10. The molecule has 1 heterocycles. The molecule has 1 atom stereocenters. The van der Waals surface area contributed by atoms with E-state index in [1.165, 1.54) is 55.5 Å². The van der Waals surface area contributed by atoms with Gasteiger partial charge < -0.3 is 19.1 Å². The van der Waals surface area contributed by atoms with Crippen LogP contribution in [0.5, 0.6) is 11.5 Å². The van der Waals surface area contributed by atoms with E-state index in [0.717, 1.165) is 0 Å². The molecule has 2 amide bonds. The molecule has 0 saturated heterocycles. The first-order valence-corrected chi connectivity index (χ1v) is 12.3. The van der Waals surface area contributed by atoms with Crippen molar-refractivity contribution in [2.75, 3.05) is 41.0 Å². The van der Waals surface area contributed by atoms with E-state index in [0.29, 0.717) is 22.8 Å². The van der Waals surface area contributed by atoms with Gasteiger partial charge in [-0.25, -0.2) is 13.8 Å². The first-order valence-electron chi connectivity index (χ1n) is 12.3. The molecule has 1 aliphatic rings. The van der Waals surface area contributed by atoms with Crippen LogP contribution < -0.4 is 9.47 Å². The summed E-state index contributed by atoms with van der Waals surface area (Å²) in [6.45, 7) is -0.238. The highest BCUT2D eigenvalue weighted by Gasteiger charge is 2.37. The van der Waals surface area contributed by atoms with Gasteiger partial charge in [0.05, 0.1) is 38.1 Å². The van der Waals surface area contributed by atoms with Crippen LogP contribution in [0.4, 0.5) is 8.78 Å². The molecule has 0 radical (unpaired) electrons. The Labute approximate surface area is 225 Å². The molecular weight excluding hydrogens is 508 g/mol. The Morgan fingerprint density at radius 3 is 2.36 bits per heavy atom. The summed E-state index contributed by atoms with van der Waals surface area (Å²) in [7, 11) is 4.49. The molecule has 0 N–H and O–H groups in total. The Kier molecular flexibility index (Phi) is 8.88. The standard InChI is InChI=1S/C29H29F2N3O5/c1-37-15-14-33(29(36)21-9-5-7-11-24(21)31)18-28(35)34-26(22-16-19(38-2)12-13-27(22)39-3)17-25(32-34)20-8-4-6-10-23(20)30/h4-13,16,26H,14-15,17-18H2,1-3H3/t26-/m1/s1. The number of hydrogen-bond donors (Lipinski definition) is 0. The summed E-state index contributed by atoms with van der Waals surface area (Å²) in [5.74, 6) is -1.35. The van der Waals surface area contributed by atoms with Gasteiger partial charge in [-0.1, -0.05) is 30.3 Å². The van der Waals surface area contributed by atoms with Crippen molar-refractivity contribution in [1.29, 1.82) is 0 Å². The molecule has 4 rings (SSSR count). The molecular formula is C29H29F2N3O5. The number of halogens is 2. The predicted molar refractivity (Wildman–Crippen MR) is 141 cm³/mol. The normalized spacial score (nSPS) is 14.6. The molecule has 204 valence electrons. The summed E-state index contributed by atoms with van der Waals surface area (Å²) in [6.07, 6.45) is 0.190. The minimum atomic E-state index is -0.697. The first-order chi connectivity index (χ1) is 18.9. The van der Waals surface area contributed by atoms with Crippen LogP contribution in [0.15, 0.2) is 71.8 Å². The third-order valence-electron chi connectivity index (χ3n) is 6.43. The zero-order valence-electron chi connectivity index (χ0n) is 21.9. The quantitative estimate of drug-likeness (QED) is 0.382. The molecule has 0 saturated carbocycles. The molecule has 0 spiro atoms. The van der Waals surface area contributed by atoms with Crippen LogP contribution >= 0.6 is 0 Å². The summed E-state index contributed by atoms with van der Waals surface area (Å²) < 4.78 is 45.2. The van der Waals surface area contributed by atoms with E-state index in [1.807, 2.05) is 0 Å². The average Bonchev–Trinajstić information content (AvgIpc) is 3.40. The average molecular weight is 538 g/mol. The molecule has 8 nitrogen and oxygen atoms in total.